The van der Waals surface area contributed by atoms with Crippen molar-refractivity contribution in [2.24, 2.45) is 0 Å². The summed E-state index contributed by atoms with van der Waals surface area (Å²) >= 11 is 0. The molecule has 8 aromatic rings. The van der Waals surface area contributed by atoms with E-state index in [1.54, 1.807) is 14.2 Å². The Labute approximate surface area is 371 Å². The van der Waals surface area contributed by atoms with E-state index in [0.29, 0.717) is 0 Å². The molecule has 0 amide bonds. The second-order valence-corrected chi connectivity index (χ2v) is 17.0. The number of anilines is 8. The van der Waals surface area contributed by atoms with Crippen LogP contribution in [0.5, 0.6) is 11.5 Å². The van der Waals surface area contributed by atoms with Gasteiger partial charge >= 0.3 is 0 Å². The van der Waals surface area contributed by atoms with Gasteiger partial charge in [-0.1, -0.05) is 59.7 Å². The highest BCUT2D eigenvalue weighted by molar-refractivity contribution is 5.98. The van der Waals surface area contributed by atoms with Gasteiger partial charge in [0.2, 0.25) is 0 Å². The summed E-state index contributed by atoms with van der Waals surface area (Å²) in [6, 6.07) is 62.5. The lowest BCUT2D eigenvalue weighted by molar-refractivity contribution is 0.414. The van der Waals surface area contributed by atoms with Crippen LogP contribution in [0.1, 0.15) is 33.4 Å². The second kappa shape index (κ2) is 15.5. The predicted molar refractivity (Wildman–Crippen MR) is 263 cm³/mol. The summed E-state index contributed by atoms with van der Waals surface area (Å²) in [6.45, 7) is 4.28. The summed E-state index contributed by atoms with van der Waals surface area (Å²) < 4.78 is 11.1. The normalized spacial score (nSPS) is 12.6. The van der Waals surface area contributed by atoms with E-state index in [9.17, 15) is 0 Å². The summed E-state index contributed by atoms with van der Waals surface area (Å²) in [5, 5.41) is 0. The number of methoxy groups -OCH3 is 2. The first-order valence-electron chi connectivity index (χ1n) is 21.5. The fourth-order valence-electron chi connectivity index (χ4n) is 9.76. The van der Waals surface area contributed by atoms with E-state index < -0.39 is 5.41 Å². The van der Waals surface area contributed by atoms with Gasteiger partial charge in [-0.05, 0) is 180 Å². The van der Waals surface area contributed by atoms with Gasteiger partial charge in [0.25, 0.3) is 0 Å². The van der Waals surface area contributed by atoms with Crippen LogP contribution < -0.4 is 29.1 Å². The zero-order chi connectivity index (χ0) is 43.6. The van der Waals surface area contributed by atoms with Crippen molar-refractivity contribution in [1.29, 1.82) is 0 Å². The molecule has 6 heteroatoms. The molecule has 0 fully saturated rings. The van der Waals surface area contributed by atoms with Gasteiger partial charge in [0, 0.05) is 73.7 Å². The monoisotopic (exact) mass is 824 g/mol. The number of hydrogen-bond acceptors (Lipinski definition) is 6. The molecule has 0 heterocycles. The van der Waals surface area contributed by atoms with Crippen molar-refractivity contribution in [3.63, 3.8) is 0 Å². The van der Waals surface area contributed by atoms with E-state index in [2.05, 4.69) is 207 Å². The van der Waals surface area contributed by atoms with Crippen LogP contribution in [0.15, 0.2) is 170 Å². The first-order valence-corrected chi connectivity index (χ1v) is 21.5. The van der Waals surface area contributed by atoms with E-state index >= 15 is 0 Å². The third-order valence-electron chi connectivity index (χ3n) is 13.5. The smallest absolute Gasteiger partial charge is 0.119 e. The first-order chi connectivity index (χ1) is 30.6. The molecule has 0 saturated heterocycles. The van der Waals surface area contributed by atoms with Gasteiger partial charge in [0.05, 0.1) is 19.6 Å². The van der Waals surface area contributed by atoms with Gasteiger partial charge in [0.1, 0.15) is 11.5 Å². The minimum absolute atomic E-state index is 0.656. The van der Waals surface area contributed by atoms with Crippen molar-refractivity contribution in [1.82, 2.24) is 0 Å². The first kappa shape index (κ1) is 39.7. The number of nitrogens with zero attached hydrogens (tertiary/aromatic N) is 4. The fraction of sp³-hybridized carbons (Fsp3) is 0.158. The van der Waals surface area contributed by atoms with Gasteiger partial charge in [-0.25, -0.2) is 0 Å². The lowest BCUT2D eigenvalue weighted by atomic mass is 9.70. The van der Waals surface area contributed by atoms with Crippen LogP contribution >= 0.6 is 0 Å². The largest absolute Gasteiger partial charge is 0.497 e. The third-order valence-corrected chi connectivity index (χ3v) is 13.5. The molecule has 1 spiro atoms. The Bertz CT molecular complexity index is 2790. The van der Waals surface area contributed by atoms with E-state index in [1.807, 2.05) is 24.3 Å². The lowest BCUT2D eigenvalue weighted by Crippen LogP contribution is -2.27. The second-order valence-electron chi connectivity index (χ2n) is 17.0. The Morgan fingerprint density at radius 3 is 0.762 bits per heavy atom. The molecule has 0 saturated carbocycles. The third kappa shape index (κ3) is 6.48. The lowest BCUT2D eigenvalue weighted by Gasteiger charge is -2.33. The Morgan fingerprint density at radius 1 is 0.302 bits per heavy atom. The number of aryl methyl sites for hydroxylation is 2. The highest BCUT2D eigenvalue weighted by Crippen LogP contribution is 2.64. The van der Waals surface area contributed by atoms with Crippen molar-refractivity contribution >= 4 is 45.5 Å². The summed E-state index contributed by atoms with van der Waals surface area (Å²) in [5.41, 5.74) is 20.8. The molecular formula is C57H52N4O2. The summed E-state index contributed by atoms with van der Waals surface area (Å²) in [4.78, 5) is 9.18. The molecule has 0 bridgehead atoms. The number of hydrogen-bond donors (Lipinski definition) is 0. The molecule has 6 nitrogen and oxygen atoms in total. The highest BCUT2D eigenvalue weighted by Gasteiger charge is 2.52. The quantitative estimate of drug-likeness (QED) is 0.137. The Kier molecular flexibility index (Phi) is 9.75. The molecule has 312 valence electrons. The number of fused-ring (bicyclic) bond motifs is 10. The van der Waals surface area contributed by atoms with E-state index in [0.717, 1.165) is 57.0 Å². The van der Waals surface area contributed by atoms with Gasteiger partial charge in [-0.2, -0.15) is 0 Å². The molecule has 10 rings (SSSR count). The zero-order valence-electron chi connectivity index (χ0n) is 37.3. The van der Waals surface area contributed by atoms with Crippen LogP contribution in [0.4, 0.5) is 45.5 Å². The number of rotatable bonds is 10. The van der Waals surface area contributed by atoms with Crippen LogP contribution in [-0.4, -0.2) is 42.4 Å². The van der Waals surface area contributed by atoms with Crippen molar-refractivity contribution in [3.05, 3.63) is 203 Å². The molecule has 0 unspecified atom stereocenters. The van der Waals surface area contributed by atoms with Gasteiger partial charge < -0.3 is 29.1 Å². The maximum Gasteiger partial charge on any atom is 0.119 e. The Balaban J connectivity index is 1.24. The summed E-state index contributed by atoms with van der Waals surface area (Å²) in [6.07, 6.45) is 0. The molecular weight excluding hydrogens is 773 g/mol. The maximum atomic E-state index is 5.53. The average molecular weight is 825 g/mol. The van der Waals surface area contributed by atoms with Crippen molar-refractivity contribution in [3.8, 4) is 33.8 Å². The number of benzene rings is 8. The van der Waals surface area contributed by atoms with Crippen LogP contribution in [-0.2, 0) is 5.41 Å². The summed E-state index contributed by atoms with van der Waals surface area (Å²) in [7, 11) is 12.1. The minimum atomic E-state index is -0.656. The predicted octanol–water partition coefficient (Wildman–Crippen LogP) is 13.7. The average Bonchev–Trinajstić information content (AvgIpc) is 3.79. The van der Waals surface area contributed by atoms with Crippen molar-refractivity contribution in [2.45, 2.75) is 19.3 Å². The summed E-state index contributed by atoms with van der Waals surface area (Å²) in [5.74, 6) is 1.67. The molecule has 63 heavy (non-hydrogen) atoms. The molecule has 0 aliphatic heterocycles. The standard InChI is InChI=1S/C57H52N4O2/c1-37-9-13-39(14-10-37)58(3)43-21-29-49-51-31-23-45(60(5)41-17-25-47(62-7)26-18-41)35-55(51)57(53(49)33-43)54-34-44(59(4)40-15-11-38(2)12-16-40)22-30-50(54)52-32-24-46(36-56(52)57)61(6)42-19-27-48(63-8)28-20-42/h9-36H,1-8H3. The molecule has 0 atom stereocenters. The fourth-order valence-corrected chi connectivity index (χ4v) is 9.76. The Hall–Kier alpha value is -7.44. The maximum absolute atomic E-state index is 5.53. The van der Waals surface area contributed by atoms with Gasteiger partial charge in [-0.15, -0.1) is 0 Å². The van der Waals surface area contributed by atoms with E-state index in [4.69, 9.17) is 9.47 Å². The van der Waals surface area contributed by atoms with E-state index in [1.165, 1.54) is 55.6 Å². The SMILES string of the molecule is COc1ccc(N(C)c2ccc3c(c2)C2(c4cc(N(C)c5ccc(C)cc5)ccc4-3)c3cc(N(C)c4ccc(C)cc4)ccc3-c3ccc(N(C)c4ccc(OC)cc4)cc32)cc1. The number of ether oxygens (including phenoxy) is 2. The minimum Gasteiger partial charge on any atom is -0.497 e. The topological polar surface area (TPSA) is 31.4 Å². The zero-order valence-corrected chi connectivity index (χ0v) is 37.3. The molecule has 0 aromatic heterocycles. The van der Waals surface area contributed by atoms with Crippen molar-refractivity contribution in [2.75, 3.05) is 62.0 Å². The Morgan fingerprint density at radius 2 is 0.524 bits per heavy atom. The molecule has 8 aromatic carbocycles. The van der Waals surface area contributed by atoms with Crippen LogP contribution in [0.2, 0.25) is 0 Å². The highest BCUT2D eigenvalue weighted by atomic mass is 16.5. The van der Waals surface area contributed by atoms with Crippen molar-refractivity contribution < 1.29 is 9.47 Å². The molecule has 0 N–H and O–H groups in total. The molecule has 2 aliphatic carbocycles. The van der Waals surface area contributed by atoms with Crippen LogP contribution in [0, 0.1) is 13.8 Å². The van der Waals surface area contributed by atoms with E-state index in [-0.39, 0.29) is 0 Å². The van der Waals surface area contributed by atoms with Gasteiger partial charge in [-0.3, -0.25) is 0 Å². The molecule has 0 radical (unpaired) electrons. The molecule has 2 aliphatic rings. The van der Waals surface area contributed by atoms with Crippen LogP contribution in [0.25, 0.3) is 22.3 Å². The van der Waals surface area contributed by atoms with Gasteiger partial charge in [0.15, 0.2) is 0 Å². The van der Waals surface area contributed by atoms with Crippen LogP contribution in [0.3, 0.4) is 0 Å².